The minimum atomic E-state index is -5.07. The van der Waals surface area contributed by atoms with Gasteiger partial charge in [0.2, 0.25) is 0 Å². The molecule has 0 spiro atoms. The Labute approximate surface area is 79.5 Å². The zero-order valence-corrected chi connectivity index (χ0v) is 12.8. The average Bonchev–Trinajstić information content (AvgIpc) is 1.68. The SMILES string of the molecule is O=[Te](=O)(OCl)OCl.[BiH3]. The molecule has 0 amide bonds. The monoisotopic (exact) mass is 476 g/mol. The van der Waals surface area contributed by atoms with E-state index in [9.17, 15) is 6.21 Å². The topological polar surface area (TPSA) is 52.6 Å². The van der Waals surface area contributed by atoms with Gasteiger partial charge in [-0.25, -0.2) is 0 Å². The summed E-state index contributed by atoms with van der Waals surface area (Å²) in [6.45, 7) is 0. The van der Waals surface area contributed by atoms with Gasteiger partial charge in [-0.15, -0.1) is 0 Å². The van der Waals surface area contributed by atoms with Crippen molar-refractivity contribution in [1.82, 2.24) is 0 Å². The van der Waals surface area contributed by atoms with E-state index in [1.807, 2.05) is 0 Å². The van der Waals surface area contributed by atoms with E-state index in [4.69, 9.17) is 0 Å². The predicted octanol–water partition coefficient (Wildman–Crippen LogP) is -0.560. The molecule has 0 atom stereocenters. The van der Waals surface area contributed by atoms with Crippen molar-refractivity contribution in [3.63, 3.8) is 0 Å². The molecule has 0 rings (SSSR count). The molecule has 0 aliphatic heterocycles. The minimum absolute atomic E-state index is 0. The van der Waals surface area contributed by atoms with E-state index >= 15 is 0 Å². The van der Waals surface area contributed by atoms with Crippen LogP contribution >= 0.6 is 23.7 Å². The van der Waals surface area contributed by atoms with Gasteiger partial charge in [0, 0.05) is 0 Å². The summed E-state index contributed by atoms with van der Waals surface area (Å²) >= 11 is 3.61. The number of rotatable bonds is 2. The Kier molecular flexibility index (Phi) is 8.64. The third kappa shape index (κ3) is 5.90. The molecule has 0 aliphatic rings. The molecule has 0 N–H and O–H groups in total. The first-order chi connectivity index (χ1) is 3.12. The van der Waals surface area contributed by atoms with Crippen molar-refractivity contribution in [1.29, 1.82) is 0 Å². The fourth-order valence-corrected chi connectivity index (χ4v) is 0.587. The van der Waals surface area contributed by atoms with Crippen LogP contribution in [0.1, 0.15) is 0 Å². The molecule has 0 saturated heterocycles. The van der Waals surface area contributed by atoms with Crippen LogP contribution in [0.3, 0.4) is 0 Å². The Balaban J connectivity index is 0. The van der Waals surface area contributed by atoms with Gasteiger partial charge in [-0.2, -0.15) is 0 Å². The van der Waals surface area contributed by atoms with Gasteiger partial charge in [0.1, 0.15) is 0 Å². The Morgan fingerprint density at radius 1 is 1.12 bits per heavy atom. The van der Waals surface area contributed by atoms with Gasteiger partial charge in [-0.05, 0) is 0 Å². The molecule has 0 unspecified atom stereocenters. The van der Waals surface area contributed by atoms with Crippen molar-refractivity contribution >= 4 is 68.9 Å². The molecule has 8 heteroatoms. The maximum absolute atomic E-state index is 9.77. The molecule has 4 nitrogen and oxygen atoms in total. The zero-order valence-electron chi connectivity index (χ0n) is 3.50. The summed E-state index contributed by atoms with van der Waals surface area (Å²) < 4.78 is 26.1. The molecule has 0 fully saturated rings. The summed E-state index contributed by atoms with van der Waals surface area (Å²) in [5.41, 5.74) is 0. The van der Waals surface area contributed by atoms with E-state index in [1.54, 1.807) is 0 Å². The van der Waals surface area contributed by atoms with Gasteiger partial charge in [0.05, 0.1) is 0 Å². The van der Waals surface area contributed by atoms with Gasteiger partial charge >= 0.3 is 80.4 Å². The van der Waals surface area contributed by atoms with E-state index in [2.05, 4.69) is 29.0 Å². The van der Waals surface area contributed by atoms with Gasteiger partial charge in [-0.1, -0.05) is 0 Å². The van der Waals surface area contributed by atoms with E-state index in [0.717, 1.165) is 0 Å². The third-order valence-corrected chi connectivity index (χ3v) is 3.11. The van der Waals surface area contributed by atoms with Crippen LogP contribution in [0.25, 0.3) is 0 Å². The summed E-state index contributed by atoms with van der Waals surface area (Å²) in [5.74, 6) is 0. The molecule has 0 heterocycles. The quantitative estimate of drug-likeness (QED) is 0.504. The molecule has 0 aromatic carbocycles. The fourth-order valence-electron chi connectivity index (χ4n) is 0.00972. The first kappa shape index (κ1) is 12.4. The van der Waals surface area contributed by atoms with Crippen LogP contribution in [-0.4, -0.2) is 45.2 Å². The third-order valence-electron chi connectivity index (χ3n) is 0.154. The van der Waals surface area contributed by atoms with E-state index in [1.165, 1.54) is 0 Å². The molecule has 0 aliphatic carbocycles. The van der Waals surface area contributed by atoms with E-state index < -0.39 is 19.0 Å². The van der Waals surface area contributed by atoms with Crippen LogP contribution < -0.4 is 0 Å². The molecular formula is H3BiCl2O4Te. The van der Waals surface area contributed by atoms with Crippen LogP contribution in [0.4, 0.5) is 0 Å². The summed E-state index contributed by atoms with van der Waals surface area (Å²) in [7, 11) is 0. The average molecular weight is 475 g/mol. The molecule has 0 saturated carbocycles. The van der Waals surface area contributed by atoms with Crippen LogP contribution in [0.5, 0.6) is 0 Å². The van der Waals surface area contributed by atoms with Crippen molar-refractivity contribution in [2.75, 3.05) is 0 Å². The van der Waals surface area contributed by atoms with Crippen molar-refractivity contribution < 1.29 is 11.5 Å². The first-order valence-corrected chi connectivity index (χ1v) is 5.40. The number of halogens is 2. The molecule has 0 radical (unpaired) electrons. The number of hydrogen-bond acceptors (Lipinski definition) is 4. The second-order valence-electron chi connectivity index (χ2n) is 0.534. The zero-order chi connectivity index (χ0) is 5.91. The molecule has 0 aromatic heterocycles. The van der Waals surface area contributed by atoms with Crippen molar-refractivity contribution in [3.8, 4) is 0 Å². The van der Waals surface area contributed by atoms with E-state index in [0.29, 0.717) is 0 Å². The first-order valence-electron chi connectivity index (χ1n) is 0.975. The fraction of sp³-hybridized carbons (Fsp3) is 0. The Morgan fingerprint density at radius 3 is 1.38 bits per heavy atom. The predicted molar refractivity (Wildman–Crippen MR) is 30.9 cm³/mol. The molecule has 52 valence electrons. The Bertz CT molecular complexity index is 117. The van der Waals surface area contributed by atoms with Crippen molar-refractivity contribution in [3.05, 3.63) is 0 Å². The molecule has 8 heavy (non-hydrogen) atoms. The number of hydrogen-bond donors (Lipinski definition) is 0. The molecular weight excluding hydrogens is 471 g/mol. The van der Waals surface area contributed by atoms with Crippen LogP contribution in [-0.2, 0) is 11.5 Å². The van der Waals surface area contributed by atoms with Crippen LogP contribution in [0.2, 0.25) is 0 Å². The summed E-state index contributed by atoms with van der Waals surface area (Å²) in [6.07, 6.45) is 0. The normalized spacial score (nSPS) is 10.2. The maximum atomic E-state index is 9.77. The van der Waals surface area contributed by atoms with E-state index in [-0.39, 0.29) is 26.2 Å². The van der Waals surface area contributed by atoms with Crippen molar-refractivity contribution in [2.24, 2.45) is 0 Å². The second-order valence-corrected chi connectivity index (χ2v) is 5.27. The van der Waals surface area contributed by atoms with Gasteiger partial charge in [0.15, 0.2) is 0 Å². The van der Waals surface area contributed by atoms with Crippen LogP contribution in [0, 0.1) is 0 Å². The molecule has 0 aromatic rings. The van der Waals surface area contributed by atoms with Gasteiger partial charge in [0.25, 0.3) is 0 Å². The van der Waals surface area contributed by atoms with Gasteiger partial charge < -0.3 is 0 Å². The Hall–Kier alpha value is 1.77. The van der Waals surface area contributed by atoms with Gasteiger partial charge in [-0.3, -0.25) is 0 Å². The standard InChI is InChI=1S/Bi.Cl2O4Te.3H/c;1-5-7(3,4)6-2;;;. The second kappa shape index (κ2) is 5.55. The summed E-state index contributed by atoms with van der Waals surface area (Å²) in [5, 5.41) is 0. The van der Waals surface area contributed by atoms with Crippen molar-refractivity contribution in [2.45, 2.75) is 0 Å². The summed E-state index contributed by atoms with van der Waals surface area (Å²) in [4.78, 5) is 0. The molecule has 0 bridgehead atoms. The Morgan fingerprint density at radius 2 is 1.38 bits per heavy atom. The van der Waals surface area contributed by atoms with Crippen LogP contribution in [0.15, 0.2) is 0 Å². The summed E-state index contributed by atoms with van der Waals surface area (Å²) in [6, 6.07) is 0.